The Morgan fingerprint density at radius 3 is 2.38 bits per heavy atom. The van der Waals surface area contributed by atoms with Crippen molar-refractivity contribution >= 4 is 50.3 Å². The van der Waals surface area contributed by atoms with Gasteiger partial charge in [-0.15, -0.1) is 0 Å². The van der Waals surface area contributed by atoms with Crippen molar-refractivity contribution in [1.29, 1.82) is 0 Å². The van der Waals surface area contributed by atoms with Gasteiger partial charge in [-0.3, -0.25) is 9.69 Å². The maximum atomic E-state index is 13.5. The molecule has 1 aromatic heterocycles. The van der Waals surface area contributed by atoms with Crippen molar-refractivity contribution in [2.24, 2.45) is 5.92 Å². The van der Waals surface area contributed by atoms with Gasteiger partial charge in [0.2, 0.25) is 10.0 Å². The van der Waals surface area contributed by atoms with E-state index in [0.29, 0.717) is 45.7 Å². The first-order valence-corrected chi connectivity index (χ1v) is 15.8. The highest BCUT2D eigenvalue weighted by Gasteiger charge is 2.33. The molecule has 1 fully saturated rings. The van der Waals surface area contributed by atoms with Crippen molar-refractivity contribution in [2.75, 3.05) is 19.6 Å². The summed E-state index contributed by atoms with van der Waals surface area (Å²) >= 11 is 6.78. The average molecular weight is 583 g/mol. The van der Waals surface area contributed by atoms with Crippen LogP contribution in [-0.4, -0.2) is 57.3 Å². The molecule has 0 bridgehead atoms. The number of amides is 1. The second-order valence-corrected chi connectivity index (χ2v) is 13.4. The number of hydrogen-bond acceptors (Lipinski definition) is 6. The molecule has 0 saturated carbocycles. The molecule has 0 aliphatic carbocycles. The van der Waals surface area contributed by atoms with E-state index in [4.69, 9.17) is 17.3 Å². The number of rotatable bonds is 11. The highest BCUT2D eigenvalue weighted by Crippen LogP contribution is 2.35. The van der Waals surface area contributed by atoms with Crippen LogP contribution in [0.2, 0.25) is 0 Å². The van der Waals surface area contributed by atoms with Crippen molar-refractivity contribution in [3.8, 4) is 16.9 Å². The van der Waals surface area contributed by atoms with E-state index in [-0.39, 0.29) is 16.7 Å². The normalized spacial score (nSPS) is 15.3. The van der Waals surface area contributed by atoms with Gasteiger partial charge in [0.15, 0.2) is 0 Å². The second kappa shape index (κ2) is 12.6. The fourth-order valence-corrected chi connectivity index (χ4v) is 7.33. The summed E-state index contributed by atoms with van der Waals surface area (Å²) in [5.74, 6) is 0.163. The van der Waals surface area contributed by atoms with Gasteiger partial charge in [-0.2, -0.15) is 9.40 Å². The maximum absolute atomic E-state index is 13.5. The van der Waals surface area contributed by atoms with Gasteiger partial charge in [-0.05, 0) is 49.1 Å². The maximum Gasteiger partial charge on any atom is 0.266 e. The third kappa shape index (κ3) is 6.51. The molecule has 1 saturated heterocycles. The first-order valence-electron chi connectivity index (χ1n) is 13.2. The summed E-state index contributed by atoms with van der Waals surface area (Å²) in [6.07, 6.45) is 5.14. The van der Waals surface area contributed by atoms with Gasteiger partial charge >= 0.3 is 0 Å². The molecule has 39 heavy (non-hydrogen) atoms. The molecule has 2 aromatic carbocycles. The molecule has 1 aliphatic rings. The summed E-state index contributed by atoms with van der Waals surface area (Å²) in [5, 5.41) is 4.84. The predicted molar refractivity (Wildman–Crippen MR) is 163 cm³/mol. The van der Waals surface area contributed by atoms with Crippen molar-refractivity contribution in [2.45, 2.75) is 45.4 Å². The zero-order valence-electron chi connectivity index (χ0n) is 22.7. The van der Waals surface area contributed by atoms with E-state index in [1.54, 1.807) is 27.8 Å². The minimum atomic E-state index is -3.67. The van der Waals surface area contributed by atoms with Crippen LogP contribution < -0.4 is 0 Å². The van der Waals surface area contributed by atoms with E-state index in [1.807, 2.05) is 76.4 Å². The quantitative estimate of drug-likeness (QED) is 0.198. The Bertz CT molecular complexity index is 1470. The smallest absolute Gasteiger partial charge is 0.266 e. The largest absolute Gasteiger partial charge is 0.293 e. The van der Waals surface area contributed by atoms with E-state index in [9.17, 15) is 13.2 Å². The topological polar surface area (TPSA) is 75.5 Å². The molecule has 3 aromatic rings. The predicted octanol–water partition coefficient (Wildman–Crippen LogP) is 6.21. The third-order valence-electron chi connectivity index (χ3n) is 6.16. The third-order valence-corrected chi connectivity index (χ3v) is 9.43. The van der Waals surface area contributed by atoms with Gasteiger partial charge in [0.05, 0.1) is 15.5 Å². The standard InChI is InChI=1S/C29H34N4O3S3/c1-5-15-31(16-6-2)39(35,36)25-14-10-11-22(17-25)27-23(20-33(30-27)24-12-8-7-9-13-24)18-26-28(34)32(19-21(3)4)29(37)38-26/h7-14,17-18,20-21H,5-6,15-16,19H2,1-4H3/b26-18-. The number of para-hydroxylation sites is 1. The lowest BCUT2D eigenvalue weighted by atomic mass is 10.1. The molecule has 1 amide bonds. The molecular weight excluding hydrogens is 549 g/mol. The van der Waals surface area contributed by atoms with Crippen LogP contribution in [0.3, 0.4) is 0 Å². The van der Waals surface area contributed by atoms with Crippen LogP contribution in [-0.2, 0) is 14.8 Å². The fourth-order valence-electron chi connectivity index (χ4n) is 4.40. The van der Waals surface area contributed by atoms with Crippen molar-refractivity contribution in [3.05, 3.63) is 71.3 Å². The minimum Gasteiger partial charge on any atom is -0.293 e. The van der Waals surface area contributed by atoms with Crippen LogP contribution >= 0.6 is 24.0 Å². The Morgan fingerprint density at radius 1 is 1.05 bits per heavy atom. The molecule has 10 heteroatoms. The first-order chi connectivity index (χ1) is 18.6. The van der Waals surface area contributed by atoms with Crippen molar-refractivity contribution < 1.29 is 13.2 Å². The van der Waals surface area contributed by atoms with Gasteiger partial charge in [0.1, 0.15) is 10.0 Å². The van der Waals surface area contributed by atoms with Crippen molar-refractivity contribution in [3.63, 3.8) is 0 Å². The van der Waals surface area contributed by atoms with Crippen LogP contribution in [0.4, 0.5) is 0 Å². The summed E-state index contributed by atoms with van der Waals surface area (Å²) in [5.41, 5.74) is 2.80. The highest BCUT2D eigenvalue weighted by atomic mass is 32.2. The Morgan fingerprint density at radius 2 is 1.74 bits per heavy atom. The SMILES string of the molecule is CCCN(CCC)S(=O)(=O)c1cccc(-c2nn(-c3ccccc3)cc2/C=C2\SC(=S)N(CC(C)C)C2=O)c1. The second-order valence-electron chi connectivity index (χ2n) is 9.83. The van der Waals surface area contributed by atoms with E-state index in [0.717, 1.165) is 18.5 Å². The fraction of sp³-hybridized carbons (Fsp3) is 0.345. The number of carbonyl (C=O) groups is 1. The van der Waals surface area contributed by atoms with Crippen LogP contribution in [0.1, 0.15) is 46.1 Å². The summed E-state index contributed by atoms with van der Waals surface area (Å²) < 4.78 is 30.8. The number of thiocarbonyl (C=S) groups is 1. The molecule has 2 heterocycles. The zero-order chi connectivity index (χ0) is 28.2. The molecule has 1 aliphatic heterocycles. The van der Waals surface area contributed by atoms with E-state index >= 15 is 0 Å². The van der Waals surface area contributed by atoms with E-state index < -0.39 is 10.0 Å². The number of hydrogen-bond donors (Lipinski definition) is 0. The van der Waals surface area contributed by atoms with Crippen LogP contribution in [0.15, 0.2) is 70.6 Å². The van der Waals surface area contributed by atoms with E-state index in [1.165, 1.54) is 16.1 Å². The highest BCUT2D eigenvalue weighted by molar-refractivity contribution is 8.26. The molecule has 0 unspecified atom stereocenters. The Labute approximate surface area is 240 Å². The van der Waals surface area contributed by atoms with Gasteiger partial charge in [-0.1, -0.05) is 82.0 Å². The summed E-state index contributed by atoms with van der Waals surface area (Å²) in [7, 11) is -3.67. The summed E-state index contributed by atoms with van der Waals surface area (Å²) in [4.78, 5) is 15.6. The van der Waals surface area contributed by atoms with Crippen LogP contribution in [0.25, 0.3) is 23.0 Å². The number of thioether (sulfide) groups is 1. The molecule has 0 radical (unpaired) electrons. The lowest BCUT2D eigenvalue weighted by molar-refractivity contribution is -0.122. The molecule has 0 N–H and O–H groups in total. The Balaban J connectivity index is 1.81. The zero-order valence-corrected chi connectivity index (χ0v) is 25.2. The number of sulfonamides is 1. The number of nitrogens with zero attached hydrogens (tertiary/aromatic N) is 4. The number of carbonyl (C=O) groups excluding carboxylic acids is 1. The molecule has 0 spiro atoms. The molecule has 0 atom stereocenters. The first kappa shape index (κ1) is 29.2. The number of aromatic nitrogens is 2. The van der Waals surface area contributed by atoms with Gasteiger partial charge in [-0.25, -0.2) is 13.1 Å². The Hall–Kier alpha value is -2.79. The monoisotopic (exact) mass is 582 g/mol. The van der Waals surface area contributed by atoms with Gasteiger partial charge in [0, 0.05) is 37.0 Å². The molecule has 4 rings (SSSR count). The lowest BCUT2D eigenvalue weighted by Crippen LogP contribution is -2.32. The Kier molecular flexibility index (Phi) is 9.43. The van der Waals surface area contributed by atoms with Crippen LogP contribution in [0, 0.1) is 5.92 Å². The average Bonchev–Trinajstić information content (AvgIpc) is 3.45. The summed E-state index contributed by atoms with van der Waals surface area (Å²) in [6, 6.07) is 16.6. The lowest BCUT2D eigenvalue weighted by Gasteiger charge is -2.21. The summed E-state index contributed by atoms with van der Waals surface area (Å²) in [6.45, 7) is 9.53. The van der Waals surface area contributed by atoms with E-state index in [2.05, 4.69) is 0 Å². The van der Waals surface area contributed by atoms with Gasteiger partial charge in [0.25, 0.3) is 5.91 Å². The molecular formula is C29H34N4O3S3. The van der Waals surface area contributed by atoms with Crippen molar-refractivity contribution in [1.82, 2.24) is 19.0 Å². The minimum absolute atomic E-state index is 0.122. The molecule has 7 nitrogen and oxygen atoms in total. The van der Waals surface area contributed by atoms with Crippen LogP contribution in [0.5, 0.6) is 0 Å². The number of benzene rings is 2. The molecule has 206 valence electrons. The van der Waals surface area contributed by atoms with Gasteiger partial charge < -0.3 is 0 Å².